The van der Waals surface area contributed by atoms with Crippen molar-refractivity contribution in [1.29, 1.82) is 0 Å². The van der Waals surface area contributed by atoms with Gasteiger partial charge in [0.05, 0.1) is 0 Å². The normalized spacial score (nSPS) is 11.7. The van der Waals surface area contributed by atoms with Gasteiger partial charge in [0, 0.05) is 24.3 Å². The summed E-state index contributed by atoms with van der Waals surface area (Å²) >= 11 is 0. The van der Waals surface area contributed by atoms with E-state index in [1.54, 1.807) is 6.07 Å². The van der Waals surface area contributed by atoms with Crippen LogP contribution >= 0.6 is 0 Å². The summed E-state index contributed by atoms with van der Waals surface area (Å²) in [5.41, 5.74) is 8.55. The highest BCUT2D eigenvalue weighted by molar-refractivity contribution is 5.91. The van der Waals surface area contributed by atoms with Crippen LogP contribution < -0.4 is 11.1 Å². The van der Waals surface area contributed by atoms with Crippen LogP contribution in [0.5, 0.6) is 0 Å². The van der Waals surface area contributed by atoms with Crippen molar-refractivity contribution in [3.63, 3.8) is 0 Å². The fourth-order valence-electron chi connectivity index (χ4n) is 2.44. The summed E-state index contributed by atoms with van der Waals surface area (Å²) in [6, 6.07) is 5.53. The molecule has 0 saturated heterocycles. The highest BCUT2D eigenvalue weighted by Gasteiger charge is 2.13. The molecular formula is C17H29N3O. The van der Waals surface area contributed by atoms with Crippen molar-refractivity contribution in [2.24, 2.45) is 5.41 Å². The van der Waals surface area contributed by atoms with E-state index in [4.69, 9.17) is 5.73 Å². The number of anilines is 2. The fourth-order valence-corrected chi connectivity index (χ4v) is 2.44. The number of nitrogens with zero attached hydrogens (tertiary/aromatic N) is 1. The molecule has 0 radical (unpaired) electrons. The Hall–Kier alpha value is -1.55. The maximum Gasteiger partial charge on any atom is 0.224 e. The number of aryl methyl sites for hydroxylation is 1. The number of rotatable bonds is 6. The molecule has 0 fully saturated rings. The minimum absolute atomic E-state index is 0.0621. The molecular weight excluding hydrogens is 262 g/mol. The van der Waals surface area contributed by atoms with Crippen LogP contribution in [0.4, 0.5) is 11.4 Å². The van der Waals surface area contributed by atoms with Crippen molar-refractivity contribution in [2.45, 2.75) is 40.5 Å². The highest BCUT2D eigenvalue weighted by atomic mass is 16.1. The van der Waals surface area contributed by atoms with E-state index in [2.05, 4.69) is 38.0 Å². The van der Waals surface area contributed by atoms with Crippen LogP contribution in [0.2, 0.25) is 0 Å². The van der Waals surface area contributed by atoms with E-state index in [-0.39, 0.29) is 11.3 Å². The first-order valence-corrected chi connectivity index (χ1v) is 7.52. The number of hydrogen-bond acceptors (Lipinski definition) is 3. The molecule has 0 aliphatic rings. The lowest BCUT2D eigenvalue weighted by Gasteiger charge is -2.26. The second-order valence-corrected chi connectivity index (χ2v) is 7.02. The van der Waals surface area contributed by atoms with Crippen LogP contribution in [-0.2, 0) is 4.79 Å². The molecule has 1 aromatic carbocycles. The predicted molar refractivity (Wildman–Crippen MR) is 90.4 cm³/mol. The van der Waals surface area contributed by atoms with Crippen molar-refractivity contribution in [3.05, 3.63) is 23.8 Å². The Kier molecular flexibility index (Phi) is 6.21. The van der Waals surface area contributed by atoms with Gasteiger partial charge in [0.15, 0.2) is 0 Å². The summed E-state index contributed by atoms with van der Waals surface area (Å²) in [4.78, 5) is 14.2. The van der Waals surface area contributed by atoms with Crippen LogP contribution in [0.15, 0.2) is 18.2 Å². The maximum absolute atomic E-state index is 12.0. The van der Waals surface area contributed by atoms with E-state index < -0.39 is 0 Å². The predicted octanol–water partition coefficient (Wildman–Crippen LogP) is 3.27. The number of benzene rings is 1. The molecule has 1 rings (SSSR count). The molecule has 3 N–H and O–H groups in total. The van der Waals surface area contributed by atoms with Gasteiger partial charge in [-0.05, 0) is 56.1 Å². The molecule has 1 amide bonds. The van der Waals surface area contributed by atoms with Crippen LogP contribution in [0.3, 0.4) is 0 Å². The topological polar surface area (TPSA) is 58.4 Å². The number of carbonyl (C=O) groups excluding carboxylic acids is 1. The molecule has 118 valence electrons. The SMILES string of the molecule is Cc1cc(N)ccc1NC(=O)CCCN(C)CC(C)(C)C. The molecule has 21 heavy (non-hydrogen) atoms. The van der Waals surface area contributed by atoms with Gasteiger partial charge in [-0.25, -0.2) is 0 Å². The summed E-state index contributed by atoms with van der Waals surface area (Å²) < 4.78 is 0. The Balaban J connectivity index is 2.34. The smallest absolute Gasteiger partial charge is 0.224 e. The monoisotopic (exact) mass is 291 g/mol. The highest BCUT2D eigenvalue weighted by Crippen LogP contribution is 2.18. The van der Waals surface area contributed by atoms with Crippen molar-refractivity contribution in [3.8, 4) is 0 Å². The molecule has 0 aliphatic carbocycles. The minimum atomic E-state index is 0.0621. The van der Waals surface area contributed by atoms with Gasteiger partial charge >= 0.3 is 0 Å². The first-order valence-electron chi connectivity index (χ1n) is 7.52. The first kappa shape index (κ1) is 17.5. The average Bonchev–Trinajstić information content (AvgIpc) is 2.30. The Bertz CT molecular complexity index is 477. The third kappa shape index (κ3) is 7.14. The largest absolute Gasteiger partial charge is 0.399 e. The van der Waals surface area contributed by atoms with E-state index in [9.17, 15) is 4.79 Å². The molecule has 0 spiro atoms. The van der Waals surface area contributed by atoms with Gasteiger partial charge in [-0.1, -0.05) is 20.8 Å². The lowest BCUT2D eigenvalue weighted by atomic mass is 9.96. The summed E-state index contributed by atoms with van der Waals surface area (Å²) in [5, 5.41) is 2.95. The Morgan fingerprint density at radius 2 is 2.00 bits per heavy atom. The Labute approximate surface area is 128 Å². The molecule has 0 bridgehead atoms. The Morgan fingerprint density at radius 3 is 2.57 bits per heavy atom. The van der Waals surface area contributed by atoms with E-state index in [1.165, 1.54) is 0 Å². The van der Waals surface area contributed by atoms with Gasteiger partial charge in [-0.15, -0.1) is 0 Å². The summed E-state index contributed by atoms with van der Waals surface area (Å²) in [6.45, 7) is 10.6. The minimum Gasteiger partial charge on any atom is -0.399 e. The molecule has 1 aromatic rings. The van der Waals surface area contributed by atoms with Crippen LogP contribution in [0.25, 0.3) is 0 Å². The number of nitrogen functional groups attached to an aromatic ring is 1. The van der Waals surface area contributed by atoms with E-state index in [0.717, 1.165) is 30.8 Å². The summed E-state index contributed by atoms with van der Waals surface area (Å²) in [5.74, 6) is 0.0621. The summed E-state index contributed by atoms with van der Waals surface area (Å²) in [6.07, 6.45) is 1.41. The number of nitrogens with two attached hydrogens (primary N) is 1. The molecule has 0 aliphatic heterocycles. The van der Waals surface area contributed by atoms with Gasteiger partial charge in [0.2, 0.25) is 5.91 Å². The molecule has 0 unspecified atom stereocenters. The second kappa shape index (κ2) is 7.46. The quantitative estimate of drug-likeness (QED) is 0.791. The lowest BCUT2D eigenvalue weighted by molar-refractivity contribution is -0.116. The lowest BCUT2D eigenvalue weighted by Crippen LogP contribution is -2.30. The van der Waals surface area contributed by atoms with Crippen molar-refractivity contribution >= 4 is 17.3 Å². The third-order valence-corrected chi connectivity index (χ3v) is 3.21. The van der Waals surface area contributed by atoms with E-state index in [0.29, 0.717) is 12.1 Å². The van der Waals surface area contributed by atoms with E-state index in [1.807, 2.05) is 19.1 Å². The Morgan fingerprint density at radius 1 is 1.33 bits per heavy atom. The maximum atomic E-state index is 12.0. The molecule has 0 atom stereocenters. The zero-order valence-electron chi connectivity index (χ0n) is 14.0. The van der Waals surface area contributed by atoms with Crippen molar-refractivity contribution in [2.75, 3.05) is 31.2 Å². The van der Waals surface area contributed by atoms with Crippen molar-refractivity contribution < 1.29 is 4.79 Å². The molecule has 4 nitrogen and oxygen atoms in total. The van der Waals surface area contributed by atoms with Gasteiger partial charge < -0.3 is 16.0 Å². The van der Waals surface area contributed by atoms with Crippen molar-refractivity contribution in [1.82, 2.24) is 4.90 Å². The first-order chi connectivity index (χ1) is 9.67. The van der Waals surface area contributed by atoms with Crippen LogP contribution in [-0.4, -0.2) is 30.9 Å². The molecule has 0 heterocycles. The van der Waals surface area contributed by atoms with Gasteiger partial charge in [-0.3, -0.25) is 4.79 Å². The number of carbonyl (C=O) groups is 1. The number of hydrogen-bond donors (Lipinski definition) is 2. The number of nitrogens with one attached hydrogen (secondary N) is 1. The fraction of sp³-hybridized carbons (Fsp3) is 0.588. The molecule has 0 aromatic heterocycles. The van der Waals surface area contributed by atoms with E-state index >= 15 is 0 Å². The van der Waals surface area contributed by atoms with Crippen LogP contribution in [0.1, 0.15) is 39.2 Å². The zero-order chi connectivity index (χ0) is 16.0. The molecule has 0 saturated carbocycles. The standard InChI is InChI=1S/C17H29N3O/c1-13-11-14(18)8-9-15(13)19-16(21)7-6-10-20(5)12-17(2,3)4/h8-9,11H,6-7,10,12,18H2,1-5H3,(H,19,21). The van der Waals surface area contributed by atoms with Gasteiger partial charge in [0.1, 0.15) is 0 Å². The van der Waals surface area contributed by atoms with Gasteiger partial charge in [-0.2, -0.15) is 0 Å². The second-order valence-electron chi connectivity index (χ2n) is 7.02. The summed E-state index contributed by atoms with van der Waals surface area (Å²) in [7, 11) is 2.10. The van der Waals surface area contributed by atoms with Gasteiger partial charge in [0.25, 0.3) is 0 Å². The molecule has 4 heteroatoms. The third-order valence-electron chi connectivity index (χ3n) is 3.21. The van der Waals surface area contributed by atoms with Crippen LogP contribution in [0, 0.1) is 12.3 Å². The number of amides is 1. The average molecular weight is 291 g/mol. The zero-order valence-corrected chi connectivity index (χ0v) is 14.0.